The van der Waals surface area contributed by atoms with E-state index < -0.39 is 11.9 Å². The summed E-state index contributed by atoms with van der Waals surface area (Å²) in [7, 11) is 1.57. The Morgan fingerprint density at radius 1 is 1.12 bits per heavy atom. The lowest BCUT2D eigenvalue weighted by Crippen LogP contribution is -2.25. The van der Waals surface area contributed by atoms with E-state index in [4.69, 9.17) is 24.7 Å². The number of methoxy groups -OCH3 is 1. The van der Waals surface area contributed by atoms with Crippen molar-refractivity contribution in [3.63, 3.8) is 0 Å². The predicted octanol–water partition coefficient (Wildman–Crippen LogP) is 3.36. The fourth-order valence-corrected chi connectivity index (χ4v) is 3.46. The van der Waals surface area contributed by atoms with Gasteiger partial charge in [-0.25, -0.2) is 4.79 Å². The molecule has 0 spiro atoms. The molecule has 9 nitrogen and oxygen atoms in total. The summed E-state index contributed by atoms with van der Waals surface area (Å²) in [5.41, 5.74) is 7.47. The van der Waals surface area contributed by atoms with Gasteiger partial charge in [0.05, 0.1) is 25.2 Å². The van der Waals surface area contributed by atoms with Crippen LogP contribution in [0.1, 0.15) is 25.3 Å². The van der Waals surface area contributed by atoms with E-state index in [-0.39, 0.29) is 41.9 Å². The van der Waals surface area contributed by atoms with Crippen molar-refractivity contribution in [2.75, 3.05) is 25.6 Å². The number of esters is 1. The summed E-state index contributed by atoms with van der Waals surface area (Å²) in [6.45, 7) is 3.26. The largest absolute Gasteiger partial charge is 0.497 e. The molecule has 34 heavy (non-hydrogen) atoms. The smallest absolute Gasteiger partial charge is 0.338 e. The molecule has 1 aliphatic rings. The number of nitrogens with zero attached hydrogens (tertiary/aromatic N) is 1. The van der Waals surface area contributed by atoms with Crippen molar-refractivity contribution >= 4 is 17.6 Å². The summed E-state index contributed by atoms with van der Waals surface area (Å²) >= 11 is 0. The van der Waals surface area contributed by atoms with Gasteiger partial charge in [-0.1, -0.05) is 12.1 Å². The van der Waals surface area contributed by atoms with Crippen molar-refractivity contribution in [1.82, 2.24) is 0 Å². The standard InChI is InChI=1S/C25H25N3O6/c1-4-32-25(30)22-15(2)34-24(27)20(13-26)23(22)16-5-9-19(10-6-16)33-14-21(29)28-17-7-11-18(31-3)12-8-17/h5-12,23H,4,14,27H2,1-3H3,(H,28,29). The molecule has 0 saturated heterocycles. The monoisotopic (exact) mass is 463 g/mol. The molecule has 9 heteroatoms. The van der Waals surface area contributed by atoms with E-state index in [1.165, 1.54) is 0 Å². The predicted molar refractivity (Wildman–Crippen MR) is 124 cm³/mol. The van der Waals surface area contributed by atoms with Crippen LogP contribution < -0.4 is 20.5 Å². The Bertz CT molecular complexity index is 1160. The van der Waals surface area contributed by atoms with Gasteiger partial charge in [0, 0.05) is 5.69 Å². The van der Waals surface area contributed by atoms with E-state index in [1.807, 2.05) is 6.07 Å². The van der Waals surface area contributed by atoms with Crippen molar-refractivity contribution in [2.45, 2.75) is 19.8 Å². The Morgan fingerprint density at radius 2 is 1.76 bits per heavy atom. The number of carbonyl (C=O) groups is 2. The summed E-state index contributed by atoms with van der Waals surface area (Å²) in [5.74, 6) is -0.319. The minimum absolute atomic E-state index is 0.0615. The molecule has 2 aromatic rings. The molecule has 0 aromatic heterocycles. The van der Waals surface area contributed by atoms with Gasteiger partial charge < -0.3 is 30.0 Å². The highest BCUT2D eigenvalue weighted by molar-refractivity contribution is 5.93. The molecule has 1 heterocycles. The minimum atomic E-state index is -0.745. The van der Waals surface area contributed by atoms with Crippen LogP contribution in [0.2, 0.25) is 0 Å². The van der Waals surface area contributed by atoms with Gasteiger partial charge in [0.2, 0.25) is 5.88 Å². The first-order chi connectivity index (χ1) is 16.4. The summed E-state index contributed by atoms with van der Waals surface area (Å²) < 4.78 is 21.2. The van der Waals surface area contributed by atoms with Crippen LogP contribution in [-0.4, -0.2) is 32.2 Å². The quantitative estimate of drug-likeness (QED) is 0.570. The highest BCUT2D eigenvalue weighted by Gasteiger charge is 2.36. The number of nitriles is 1. The van der Waals surface area contributed by atoms with Crippen molar-refractivity contribution < 1.29 is 28.5 Å². The highest BCUT2D eigenvalue weighted by atomic mass is 16.5. The molecule has 3 rings (SSSR count). The Kier molecular flexibility index (Phi) is 7.77. The van der Waals surface area contributed by atoms with Crippen LogP contribution in [0.4, 0.5) is 5.69 Å². The Hall–Kier alpha value is -4.45. The summed E-state index contributed by atoms with van der Waals surface area (Å²) in [4.78, 5) is 24.8. The van der Waals surface area contributed by atoms with Crippen molar-refractivity contribution in [3.05, 3.63) is 76.9 Å². The molecule has 2 aromatic carbocycles. The number of nitrogens with two attached hydrogens (primary N) is 1. The second kappa shape index (κ2) is 10.9. The molecule has 0 radical (unpaired) electrons. The molecule has 1 amide bonds. The second-order valence-corrected chi connectivity index (χ2v) is 7.25. The van der Waals surface area contributed by atoms with Gasteiger partial charge >= 0.3 is 5.97 Å². The lowest BCUT2D eigenvalue weighted by atomic mass is 9.83. The number of hydrogen-bond donors (Lipinski definition) is 2. The number of ether oxygens (including phenoxy) is 4. The zero-order valence-corrected chi connectivity index (χ0v) is 19.1. The average Bonchev–Trinajstić information content (AvgIpc) is 2.83. The molecule has 0 aliphatic carbocycles. The number of benzene rings is 2. The summed E-state index contributed by atoms with van der Waals surface area (Å²) in [6, 6.07) is 15.6. The lowest BCUT2D eigenvalue weighted by Gasteiger charge is -2.26. The molecule has 1 atom stereocenters. The molecule has 0 bridgehead atoms. The fourth-order valence-electron chi connectivity index (χ4n) is 3.46. The molecule has 1 aliphatic heterocycles. The maximum atomic E-state index is 12.6. The maximum absolute atomic E-state index is 12.6. The van der Waals surface area contributed by atoms with E-state index >= 15 is 0 Å². The van der Waals surface area contributed by atoms with Gasteiger partial charge in [0.15, 0.2) is 6.61 Å². The minimum Gasteiger partial charge on any atom is -0.497 e. The van der Waals surface area contributed by atoms with Gasteiger partial charge in [-0.05, 0) is 55.8 Å². The van der Waals surface area contributed by atoms with Gasteiger partial charge in [-0.2, -0.15) is 5.26 Å². The number of allylic oxidation sites excluding steroid dienone is 2. The van der Waals surface area contributed by atoms with E-state index in [1.54, 1.807) is 69.5 Å². The maximum Gasteiger partial charge on any atom is 0.338 e. The molecule has 176 valence electrons. The SMILES string of the molecule is CCOC(=O)C1=C(C)OC(N)=C(C#N)C1c1ccc(OCC(=O)Nc2ccc(OC)cc2)cc1. The third-order valence-electron chi connectivity index (χ3n) is 5.06. The van der Waals surface area contributed by atoms with Crippen molar-refractivity contribution in [3.8, 4) is 17.6 Å². The average molecular weight is 463 g/mol. The van der Waals surface area contributed by atoms with Crippen LogP contribution >= 0.6 is 0 Å². The van der Waals surface area contributed by atoms with Crippen LogP contribution in [0.15, 0.2) is 71.3 Å². The first-order valence-electron chi connectivity index (χ1n) is 10.5. The number of carbonyl (C=O) groups excluding carboxylic acids is 2. The first-order valence-corrected chi connectivity index (χ1v) is 10.5. The van der Waals surface area contributed by atoms with Crippen LogP contribution in [0.5, 0.6) is 11.5 Å². The highest BCUT2D eigenvalue weighted by Crippen LogP contribution is 2.39. The summed E-state index contributed by atoms with van der Waals surface area (Å²) in [6.07, 6.45) is 0. The number of anilines is 1. The molecule has 1 unspecified atom stereocenters. The van der Waals surface area contributed by atoms with Crippen molar-refractivity contribution in [2.24, 2.45) is 5.73 Å². The Labute approximate surface area is 197 Å². The van der Waals surface area contributed by atoms with Crippen LogP contribution in [0, 0.1) is 11.3 Å². The summed E-state index contributed by atoms with van der Waals surface area (Å²) in [5, 5.41) is 12.4. The third-order valence-corrected chi connectivity index (χ3v) is 5.06. The normalized spacial score (nSPS) is 15.2. The molecular formula is C25H25N3O6. The molecule has 0 fully saturated rings. The van der Waals surface area contributed by atoms with E-state index in [2.05, 4.69) is 5.32 Å². The molecule has 0 saturated carbocycles. The fraction of sp³-hybridized carbons (Fsp3) is 0.240. The van der Waals surface area contributed by atoms with Crippen LogP contribution in [0.25, 0.3) is 0 Å². The zero-order chi connectivity index (χ0) is 24.7. The van der Waals surface area contributed by atoms with E-state index in [0.717, 1.165) is 0 Å². The topological polar surface area (TPSA) is 133 Å². The molecular weight excluding hydrogens is 438 g/mol. The number of amides is 1. The van der Waals surface area contributed by atoms with Gasteiger partial charge in [0.25, 0.3) is 5.91 Å². The Balaban J connectivity index is 1.72. The van der Waals surface area contributed by atoms with Gasteiger partial charge in [-0.15, -0.1) is 0 Å². The van der Waals surface area contributed by atoms with Crippen LogP contribution in [-0.2, 0) is 19.1 Å². The number of hydrogen-bond acceptors (Lipinski definition) is 8. The van der Waals surface area contributed by atoms with Gasteiger partial charge in [-0.3, -0.25) is 4.79 Å². The third kappa shape index (κ3) is 5.48. The number of nitrogens with one attached hydrogen (secondary N) is 1. The zero-order valence-electron chi connectivity index (χ0n) is 19.1. The molecule has 3 N–H and O–H groups in total. The lowest BCUT2D eigenvalue weighted by molar-refractivity contribution is -0.139. The van der Waals surface area contributed by atoms with Crippen molar-refractivity contribution in [1.29, 1.82) is 5.26 Å². The van der Waals surface area contributed by atoms with Crippen LogP contribution in [0.3, 0.4) is 0 Å². The van der Waals surface area contributed by atoms with E-state index in [0.29, 0.717) is 22.7 Å². The van der Waals surface area contributed by atoms with Gasteiger partial charge in [0.1, 0.15) is 28.9 Å². The first kappa shape index (κ1) is 24.2. The number of rotatable bonds is 8. The Morgan fingerprint density at radius 3 is 2.35 bits per heavy atom. The van der Waals surface area contributed by atoms with E-state index in [9.17, 15) is 14.9 Å². The second-order valence-electron chi connectivity index (χ2n) is 7.25.